The largest absolute Gasteiger partial charge is 0.497 e. The summed E-state index contributed by atoms with van der Waals surface area (Å²) in [5.74, 6) is 1.04. The van der Waals surface area contributed by atoms with E-state index in [0.29, 0.717) is 23.6 Å². The predicted octanol–water partition coefficient (Wildman–Crippen LogP) is 2.03. The van der Waals surface area contributed by atoms with Gasteiger partial charge in [0.2, 0.25) is 0 Å². The van der Waals surface area contributed by atoms with Crippen LogP contribution in [0.15, 0.2) is 30.6 Å². The number of nitrogens with one attached hydrogen (secondary N) is 1. The first-order valence-electron chi connectivity index (χ1n) is 7.12. The van der Waals surface area contributed by atoms with Gasteiger partial charge in [-0.25, -0.2) is 0 Å². The molecular weight excluding hydrogens is 282 g/mol. The maximum absolute atomic E-state index is 12.2. The third-order valence-electron chi connectivity index (χ3n) is 3.23. The first-order chi connectivity index (χ1) is 10.6. The normalized spacial score (nSPS) is 10.3. The first kappa shape index (κ1) is 15.9. The average Bonchev–Trinajstić information content (AvgIpc) is 2.96. The van der Waals surface area contributed by atoms with Gasteiger partial charge < -0.3 is 14.8 Å². The molecule has 1 aromatic carbocycles. The van der Waals surface area contributed by atoms with Gasteiger partial charge in [-0.15, -0.1) is 0 Å². The maximum atomic E-state index is 12.2. The number of amides is 1. The number of rotatable bonds is 7. The number of benzene rings is 1. The summed E-state index contributed by atoms with van der Waals surface area (Å²) in [6, 6.07) is 5.11. The Hall–Kier alpha value is -2.50. The topological polar surface area (TPSA) is 65.4 Å². The lowest BCUT2D eigenvalue weighted by atomic mass is 10.2. The van der Waals surface area contributed by atoms with Crippen LogP contribution in [0.4, 0.5) is 0 Å². The van der Waals surface area contributed by atoms with Crippen LogP contribution in [0.1, 0.15) is 22.3 Å². The smallest absolute Gasteiger partial charge is 0.251 e. The molecule has 1 amide bonds. The Kier molecular flexibility index (Phi) is 5.41. The zero-order valence-corrected chi connectivity index (χ0v) is 13.1. The van der Waals surface area contributed by atoms with E-state index in [2.05, 4.69) is 10.4 Å². The number of carbonyl (C=O) groups is 1. The Balaban J connectivity index is 1.86. The standard InChI is InChI=1S/C16H21N3O3/c1-12-10-18-19(11-12)6-4-5-17-16(20)13-7-14(21-2)9-15(8-13)22-3/h7-11H,4-6H2,1-3H3,(H,17,20). The van der Waals surface area contributed by atoms with Crippen LogP contribution in [-0.4, -0.2) is 36.5 Å². The second kappa shape index (κ2) is 7.49. The lowest BCUT2D eigenvalue weighted by Gasteiger charge is -2.09. The van der Waals surface area contributed by atoms with Crippen molar-refractivity contribution in [3.05, 3.63) is 41.7 Å². The van der Waals surface area contributed by atoms with Crippen LogP contribution in [0.3, 0.4) is 0 Å². The molecule has 0 unspecified atom stereocenters. The van der Waals surface area contributed by atoms with E-state index in [1.165, 1.54) is 0 Å². The average molecular weight is 303 g/mol. The van der Waals surface area contributed by atoms with Crippen molar-refractivity contribution in [2.75, 3.05) is 20.8 Å². The number of aryl methyl sites for hydroxylation is 2. The van der Waals surface area contributed by atoms with Crippen molar-refractivity contribution in [1.29, 1.82) is 0 Å². The molecule has 118 valence electrons. The van der Waals surface area contributed by atoms with E-state index in [-0.39, 0.29) is 5.91 Å². The van der Waals surface area contributed by atoms with Crippen molar-refractivity contribution < 1.29 is 14.3 Å². The van der Waals surface area contributed by atoms with E-state index in [9.17, 15) is 4.79 Å². The fourth-order valence-corrected chi connectivity index (χ4v) is 2.07. The molecule has 0 aliphatic carbocycles. The summed E-state index contributed by atoms with van der Waals surface area (Å²) in [6.07, 6.45) is 4.61. The van der Waals surface area contributed by atoms with Crippen LogP contribution in [0.5, 0.6) is 11.5 Å². The van der Waals surface area contributed by atoms with E-state index in [1.807, 2.05) is 24.0 Å². The van der Waals surface area contributed by atoms with Crippen molar-refractivity contribution in [1.82, 2.24) is 15.1 Å². The summed E-state index contributed by atoms with van der Waals surface area (Å²) >= 11 is 0. The highest BCUT2D eigenvalue weighted by Gasteiger charge is 2.09. The molecule has 1 aromatic heterocycles. The zero-order chi connectivity index (χ0) is 15.9. The molecule has 1 N–H and O–H groups in total. The Morgan fingerprint density at radius 3 is 2.45 bits per heavy atom. The molecule has 2 aromatic rings. The molecule has 0 atom stereocenters. The van der Waals surface area contributed by atoms with Gasteiger partial charge in [-0.3, -0.25) is 9.48 Å². The fraction of sp³-hybridized carbons (Fsp3) is 0.375. The molecule has 0 bridgehead atoms. The molecule has 0 radical (unpaired) electrons. The van der Waals surface area contributed by atoms with E-state index in [1.54, 1.807) is 32.4 Å². The summed E-state index contributed by atoms with van der Waals surface area (Å²) < 4.78 is 12.2. The van der Waals surface area contributed by atoms with Gasteiger partial charge in [-0.1, -0.05) is 0 Å². The summed E-state index contributed by atoms with van der Waals surface area (Å²) in [5.41, 5.74) is 1.65. The van der Waals surface area contributed by atoms with Crippen molar-refractivity contribution in [2.45, 2.75) is 19.9 Å². The van der Waals surface area contributed by atoms with Gasteiger partial charge in [0, 0.05) is 30.9 Å². The van der Waals surface area contributed by atoms with Gasteiger partial charge in [0.1, 0.15) is 11.5 Å². The third kappa shape index (κ3) is 4.25. The molecule has 0 fully saturated rings. The van der Waals surface area contributed by atoms with E-state index in [4.69, 9.17) is 9.47 Å². The Labute approximate surface area is 130 Å². The molecule has 1 heterocycles. The Morgan fingerprint density at radius 2 is 1.91 bits per heavy atom. The Morgan fingerprint density at radius 1 is 1.23 bits per heavy atom. The van der Waals surface area contributed by atoms with Crippen LogP contribution >= 0.6 is 0 Å². The summed E-state index contributed by atoms with van der Waals surface area (Å²) in [5, 5.41) is 7.09. The van der Waals surface area contributed by atoms with Gasteiger partial charge in [0.25, 0.3) is 5.91 Å². The van der Waals surface area contributed by atoms with Gasteiger partial charge >= 0.3 is 0 Å². The number of ether oxygens (including phenoxy) is 2. The molecule has 0 aliphatic rings. The molecule has 22 heavy (non-hydrogen) atoms. The molecule has 2 rings (SSSR count). The Bertz CT molecular complexity index is 615. The number of nitrogens with zero attached hydrogens (tertiary/aromatic N) is 2. The van der Waals surface area contributed by atoms with Crippen LogP contribution in [0.2, 0.25) is 0 Å². The minimum atomic E-state index is -0.145. The second-order valence-electron chi connectivity index (χ2n) is 4.99. The van der Waals surface area contributed by atoms with Crippen LogP contribution in [-0.2, 0) is 6.54 Å². The minimum Gasteiger partial charge on any atom is -0.497 e. The molecule has 0 aliphatic heterocycles. The van der Waals surface area contributed by atoms with E-state index < -0.39 is 0 Å². The number of hydrogen-bond acceptors (Lipinski definition) is 4. The summed E-state index contributed by atoms with van der Waals surface area (Å²) in [7, 11) is 3.12. The second-order valence-corrected chi connectivity index (χ2v) is 4.99. The number of carbonyl (C=O) groups excluding carboxylic acids is 1. The predicted molar refractivity (Wildman–Crippen MR) is 83.5 cm³/mol. The molecule has 0 saturated heterocycles. The van der Waals surface area contributed by atoms with Crippen molar-refractivity contribution >= 4 is 5.91 Å². The van der Waals surface area contributed by atoms with Gasteiger partial charge in [0.05, 0.1) is 20.4 Å². The molecular formula is C16H21N3O3. The molecule has 6 heteroatoms. The highest BCUT2D eigenvalue weighted by Crippen LogP contribution is 2.22. The number of methoxy groups -OCH3 is 2. The molecule has 0 spiro atoms. The van der Waals surface area contributed by atoms with Gasteiger partial charge in [-0.05, 0) is 31.0 Å². The lowest BCUT2D eigenvalue weighted by molar-refractivity contribution is 0.0952. The summed E-state index contributed by atoms with van der Waals surface area (Å²) in [4.78, 5) is 12.2. The van der Waals surface area contributed by atoms with Crippen LogP contribution in [0, 0.1) is 6.92 Å². The van der Waals surface area contributed by atoms with Crippen molar-refractivity contribution in [3.63, 3.8) is 0 Å². The highest BCUT2D eigenvalue weighted by molar-refractivity contribution is 5.95. The third-order valence-corrected chi connectivity index (χ3v) is 3.23. The number of aromatic nitrogens is 2. The number of hydrogen-bond donors (Lipinski definition) is 1. The van der Waals surface area contributed by atoms with Crippen molar-refractivity contribution in [3.8, 4) is 11.5 Å². The molecule has 0 saturated carbocycles. The van der Waals surface area contributed by atoms with Gasteiger partial charge in [0.15, 0.2) is 0 Å². The SMILES string of the molecule is COc1cc(OC)cc(C(=O)NCCCn2cc(C)cn2)c1. The van der Waals surface area contributed by atoms with E-state index in [0.717, 1.165) is 18.5 Å². The minimum absolute atomic E-state index is 0.145. The first-order valence-corrected chi connectivity index (χ1v) is 7.12. The van der Waals surface area contributed by atoms with E-state index >= 15 is 0 Å². The van der Waals surface area contributed by atoms with Crippen LogP contribution in [0.25, 0.3) is 0 Å². The molecule has 6 nitrogen and oxygen atoms in total. The highest BCUT2D eigenvalue weighted by atomic mass is 16.5. The monoisotopic (exact) mass is 303 g/mol. The van der Waals surface area contributed by atoms with Crippen LogP contribution < -0.4 is 14.8 Å². The quantitative estimate of drug-likeness (QED) is 0.795. The fourth-order valence-electron chi connectivity index (χ4n) is 2.07. The lowest BCUT2D eigenvalue weighted by Crippen LogP contribution is -2.25. The maximum Gasteiger partial charge on any atom is 0.251 e. The summed E-state index contributed by atoms with van der Waals surface area (Å²) in [6.45, 7) is 3.36. The van der Waals surface area contributed by atoms with Crippen molar-refractivity contribution in [2.24, 2.45) is 0 Å². The zero-order valence-electron chi connectivity index (χ0n) is 13.1. The van der Waals surface area contributed by atoms with Gasteiger partial charge in [-0.2, -0.15) is 5.10 Å².